The predicted octanol–water partition coefficient (Wildman–Crippen LogP) is 1.16. The number of carbonyl (C=O) groups excluding carboxylic acids is 1. The molecule has 6 nitrogen and oxygen atoms in total. The summed E-state index contributed by atoms with van der Waals surface area (Å²) in [5.41, 5.74) is 0.543. The van der Waals surface area contributed by atoms with E-state index in [-0.39, 0.29) is 23.0 Å². The van der Waals surface area contributed by atoms with E-state index in [9.17, 15) is 14.0 Å². The van der Waals surface area contributed by atoms with Crippen molar-refractivity contribution in [1.82, 2.24) is 20.2 Å². The van der Waals surface area contributed by atoms with Crippen molar-refractivity contribution in [1.29, 1.82) is 0 Å². The Morgan fingerprint density at radius 3 is 3.00 bits per heavy atom. The maximum Gasteiger partial charge on any atom is 0.271 e. The number of rotatable bonds is 5. The van der Waals surface area contributed by atoms with Crippen LogP contribution in [0.1, 0.15) is 22.5 Å². The zero-order valence-corrected chi connectivity index (χ0v) is 13.2. The highest BCUT2D eigenvalue weighted by molar-refractivity contribution is 5.91. The van der Waals surface area contributed by atoms with Crippen molar-refractivity contribution >= 4 is 5.91 Å². The number of nitrogens with one attached hydrogen (secondary N) is 2. The second-order valence-electron chi connectivity index (χ2n) is 5.99. The highest BCUT2D eigenvalue weighted by atomic mass is 19.1. The number of aromatic amines is 1. The molecule has 1 fully saturated rings. The van der Waals surface area contributed by atoms with Crippen LogP contribution in [0.15, 0.2) is 41.5 Å². The third-order valence-electron chi connectivity index (χ3n) is 4.18. The van der Waals surface area contributed by atoms with E-state index in [0.717, 1.165) is 25.7 Å². The average molecular weight is 330 g/mol. The van der Waals surface area contributed by atoms with Crippen molar-refractivity contribution in [2.45, 2.75) is 13.0 Å². The van der Waals surface area contributed by atoms with Gasteiger partial charge >= 0.3 is 0 Å². The van der Waals surface area contributed by atoms with Crippen LogP contribution in [0.3, 0.4) is 0 Å². The molecule has 2 aromatic rings. The van der Waals surface area contributed by atoms with Gasteiger partial charge in [-0.2, -0.15) is 0 Å². The van der Waals surface area contributed by atoms with Gasteiger partial charge in [-0.15, -0.1) is 0 Å². The van der Waals surface area contributed by atoms with Crippen LogP contribution in [0.5, 0.6) is 0 Å². The number of hydrogen-bond acceptors (Lipinski definition) is 4. The topological polar surface area (TPSA) is 78.1 Å². The monoisotopic (exact) mass is 330 g/mol. The molecule has 0 saturated carbocycles. The minimum absolute atomic E-state index is 0.182. The SMILES string of the molecule is O=C(NC[C@H]1CCN(Cc2ccccc2F)C1)c1c[nH]c(=O)cn1. The molecule has 2 N–H and O–H groups in total. The summed E-state index contributed by atoms with van der Waals surface area (Å²) in [5.74, 6) is -0.166. The molecule has 7 heteroatoms. The molecule has 0 aliphatic carbocycles. The lowest BCUT2D eigenvalue weighted by molar-refractivity contribution is 0.0942. The first-order valence-corrected chi connectivity index (χ1v) is 7.90. The Balaban J connectivity index is 1.48. The van der Waals surface area contributed by atoms with Gasteiger partial charge in [-0.1, -0.05) is 18.2 Å². The lowest BCUT2D eigenvalue weighted by Gasteiger charge is -2.16. The molecule has 1 aliphatic rings. The summed E-state index contributed by atoms with van der Waals surface area (Å²) in [5, 5.41) is 2.83. The van der Waals surface area contributed by atoms with Gasteiger partial charge in [0.1, 0.15) is 11.5 Å². The fourth-order valence-electron chi connectivity index (χ4n) is 2.88. The highest BCUT2D eigenvalue weighted by Gasteiger charge is 2.23. The quantitative estimate of drug-likeness (QED) is 0.862. The van der Waals surface area contributed by atoms with Crippen LogP contribution >= 0.6 is 0 Å². The summed E-state index contributed by atoms with van der Waals surface area (Å²) in [4.78, 5) is 31.3. The molecule has 3 rings (SSSR count). The molecule has 1 aliphatic heterocycles. The van der Waals surface area contributed by atoms with Crippen molar-refractivity contribution in [2.24, 2.45) is 5.92 Å². The van der Waals surface area contributed by atoms with Gasteiger partial charge in [-0.25, -0.2) is 9.37 Å². The Morgan fingerprint density at radius 2 is 2.25 bits per heavy atom. The van der Waals surface area contributed by atoms with E-state index in [1.165, 1.54) is 12.3 Å². The van der Waals surface area contributed by atoms with E-state index in [2.05, 4.69) is 20.2 Å². The molecular formula is C17H19FN4O2. The molecule has 0 unspecified atom stereocenters. The number of hydrogen-bond donors (Lipinski definition) is 2. The molecule has 126 valence electrons. The standard InChI is InChI=1S/C17H19FN4O2/c18-14-4-2-1-3-13(14)11-22-6-5-12(10-22)7-21-17(24)15-8-20-16(23)9-19-15/h1-4,8-9,12H,5-7,10-11H2,(H,20,23)(H,21,24)/t12-/m1/s1. The molecule has 1 amide bonds. The van der Waals surface area contributed by atoms with Crippen LogP contribution in [0.2, 0.25) is 0 Å². The first-order chi connectivity index (χ1) is 11.6. The van der Waals surface area contributed by atoms with Crippen LogP contribution in [-0.4, -0.2) is 40.4 Å². The Labute approximate surface area is 138 Å². The van der Waals surface area contributed by atoms with Gasteiger partial charge in [0.05, 0.1) is 6.20 Å². The minimum atomic E-state index is -0.342. The number of H-pyrrole nitrogens is 1. The van der Waals surface area contributed by atoms with Gasteiger partial charge in [-0.05, 0) is 24.9 Å². The summed E-state index contributed by atoms with van der Waals surface area (Å²) in [6, 6.07) is 6.79. The van der Waals surface area contributed by atoms with Crippen molar-refractivity contribution in [3.05, 3.63) is 64.1 Å². The van der Waals surface area contributed by atoms with Crippen molar-refractivity contribution in [2.75, 3.05) is 19.6 Å². The van der Waals surface area contributed by atoms with E-state index < -0.39 is 0 Å². The summed E-state index contributed by atoms with van der Waals surface area (Å²) < 4.78 is 13.7. The highest BCUT2D eigenvalue weighted by Crippen LogP contribution is 2.19. The van der Waals surface area contributed by atoms with Gasteiger partial charge in [0.2, 0.25) is 0 Å². The Morgan fingerprint density at radius 1 is 1.42 bits per heavy atom. The van der Waals surface area contributed by atoms with Gasteiger partial charge in [0.15, 0.2) is 0 Å². The van der Waals surface area contributed by atoms with Gasteiger partial charge in [0.25, 0.3) is 11.5 Å². The van der Waals surface area contributed by atoms with Crippen LogP contribution in [-0.2, 0) is 6.54 Å². The molecule has 1 atom stereocenters. The van der Waals surface area contributed by atoms with Crippen LogP contribution in [0, 0.1) is 11.7 Å². The first-order valence-electron chi connectivity index (χ1n) is 7.90. The Hall–Kier alpha value is -2.54. The zero-order valence-electron chi connectivity index (χ0n) is 13.2. The first kappa shape index (κ1) is 16.3. The second-order valence-corrected chi connectivity index (χ2v) is 5.99. The number of likely N-dealkylation sites (tertiary alicyclic amines) is 1. The summed E-state index contributed by atoms with van der Waals surface area (Å²) in [6.07, 6.45) is 3.34. The molecule has 2 heterocycles. The van der Waals surface area contributed by atoms with Gasteiger partial charge in [-0.3, -0.25) is 14.5 Å². The fourth-order valence-corrected chi connectivity index (χ4v) is 2.88. The molecule has 1 aromatic heterocycles. The lowest BCUT2D eigenvalue weighted by atomic mass is 10.1. The summed E-state index contributed by atoms with van der Waals surface area (Å²) >= 11 is 0. The van der Waals surface area contributed by atoms with Crippen LogP contribution in [0.25, 0.3) is 0 Å². The molecule has 1 saturated heterocycles. The fraction of sp³-hybridized carbons (Fsp3) is 0.353. The second kappa shape index (κ2) is 7.35. The molecule has 1 aromatic carbocycles. The van der Waals surface area contributed by atoms with Crippen molar-refractivity contribution in [3.63, 3.8) is 0 Å². The summed E-state index contributed by atoms with van der Waals surface area (Å²) in [6.45, 7) is 2.81. The normalized spacial score (nSPS) is 17.8. The van der Waals surface area contributed by atoms with E-state index in [4.69, 9.17) is 0 Å². The zero-order chi connectivity index (χ0) is 16.9. The van der Waals surface area contributed by atoms with E-state index in [1.54, 1.807) is 12.1 Å². The largest absolute Gasteiger partial charge is 0.350 e. The minimum Gasteiger partial charge on any atom is -0.350 e. The number of carbonyl (C=O) groups is 1. The Kier molecular flexibility index (Phi) is 5.00. The molecule has 24 heavy (non-hydrogen) atoms. The molecular weight excluding hydrogens is 311 g/mol. The van der Waals surface area contributed by atoms with E-state index in [0.29, 0.717) is 24.6 Å². The molecule has 0 radical (unpaired) electrons. The van der Waals surface area contributed by atoms with E-state index >= 15 is 0 Å². The van der Waals surface area contributed by atoms with Gasteiger partial charge in [0, 0.05) is 31.4 Å². The molecule has 0 spiro atoms. The number of aromatic nitrogens is 2. The predicted molar refractivity (Wildman–Crippen MR) is 87.0 cm³/mol. The third-order valence-corrected chi connectivity index (χ3v) is 4.18. The van der Waals surface area contributed by atoms with Crippen molar-refractivity contribution < 1.29 is 9.18 Å². The van der Waals surface area contributed by atoms with Gasteiger partial charge < -0.3 is 10.3 Å². The number of nitrogens with zero attached hydrogens (tertiary/aromatic N) is 2. The third kappa shape index (κ3) is 4.05. The maximum atomic E-state index is 13.7. The van der Waals surface area contributed by atoms with Crippen molar-refractivity contribution in [3.8, 4) is 0 Å². The number of benzene rings is 1. The lowest BCUT2D eigenvalue weighted by Crippen LogP contribution is -2.32. The van der Waals surface area contributed by atoms with E-state index in [1.807, 2.05) is 6.07 Å². The maximum absolute atomic E-state index is 13.7. The van der Waals surface area contributed by atoms with Crippen LogP contribution in [0.4, 0.5) is 4.39 Å². The smallest absolute Gasteiger partial charge is 0.271 e. The average Bonchev–Trinajstić information content (AvgIpc) is 3.03. The number of halogens is 1. The van der Waals surface area contributed by atoms with Crippen LogP contribution < -0.4 is 10.9 Å². The summed E-state index contributed by atoms with van der Waals surface area (Å²) in [7, 11) is 0. The molecule has 0 bridgehead atoms. The number of amides is 1. The Bertz CT molecular complexity index is 757.